The number of unbranched alkanes of at least 4 members (excludes halogenated alkanes) is 1. The van der Waals surface area contributed by atoms with E-state index in [9.17, 15) is 0 Å². The van der Waals surface area contributed by atoms with E-state index < -0.39 is 0 Å². The Bertz CT molecular complexity index is 445. The molecule has 0 saturated heterocycles. The minimum absolute atomic E-state index is 0.872. The van der Waals surface area contributed by atoms with Crippen LogP contribution in [0.15, 0.2) is 0 Å². The highest BCUT2D eigenvalue weighted by atomic mass is 31.1. The van der Waals surface area contributed by atoms with Gasteiger partial charge in [-0.3, -0.25) is 0 Å². The number of hydrogen-bond acceptors (Lipinski definition) is 0. The second-order valence-corrected chi connectivity index (χ2v) is 13.6. The summed E-state index contributed by atoms with van der Waals surface area (Å²) in [6, 6.07) is 0. The molecule has 0 amide bonds. The molecule has 0 aromatic rings. The average molecular weight is 359 g/mol. The topological polar surface area (TPSA) is 0 Å². The van der Waals surface area contributed by atoms with Gasteiger partial charge < -0.3 is 0 Å². The molecule has 1 atom stereocenters. The highest BCUT2D eigenvalue weighted by molar-refractivity contribution is 7.40. The third-order valence-electron chi connectivity index (χ3n) is 9.92. The van der Waals surface area contributed by atoms with Gasteiger partial charge in [0.05, 0.1) is 0 Å². The lowest BCUT2D eigenvalue weighted by Gasteiger charge is -2.57. The molecular formula is C24H39P. The maximum Gasteiger partial charge on any atom is -0.0114 e. The maximum atomic E-state index is 1.65. The van der Waals surface area contributed by atoms with Gasteiger partial charge in [0.15, 0.2) is 0 Å². The van der Waals surface area contributed by atoms with Crippen LogP contribution in [0.25, 0.3) is 0 Å². The van der Waals surface area contributed by atoms with Gasteiger partial charge in [0.2, 0.25) is 0 Å². The molecule has 8 aliphatic rings. The highest BCUT2D eigenvalue weighted by Gasteiger charge is 2.50. The molecule has 1 unspecified atom stereocenters. The molecule has 0 spiro atoms. The van der Waals surface area contributed by atoms with Gasteiger partial charge in [-0.05, 0) is 142 Å². The lowest BCUT2D eigenvalue weighted by Crippen LogP contribution is -2.48. The molecule has 0 aromatic carbocycles. The van der Waals surface area contributed by atoms with Gasteiger partial charge in [0.25, 0.3) is 0 Å². The maximum absolute atomic E-state index is 1.65. The van der Waals surface area contributed by atoms with E-state index in [0.29, 0.717) is 0 Å². The Balaban J connectivity index is 0.977. The van der Waals surface area contributed by atoms with Gasteiger partial charge in [-0.25, -0.2) is 0 Å². The monoisotopic (exact) mass is 358 g/mol. The Labute approximate surface area is 157 Å². The lowest BCUT2D eigenvalue weighted by molar-refractivity contribution is -0.0402. The average Bonchev–Trinajstić information content (AvgIpc) is 2.55. The standard InChI is InChI=1S/C24H39P/c1(3-23-21-9-16-5-17(11-21)12-22(23)10-16)2-4-25-24-13-18-6-19(14-24)8-20(7-18)15-24/h16-23,25H,1-15H2. The van der Waals surface area contributed by atoms with E-state index >= 15 is 0 Å². The smallest absolute Gasteiger partial charge is 0.0114 e. The first-order valence-electron chi connectivity index (χ1n) is 12.0. The van der Waals surface area contributed by atoms with Crippen LogP contribution in [-0.4, -0.2) is 11.3 Å². The van der Waals surface area contributed by atoms with Crippen LogP contribution in [0.1, 0.15) is 89.9 Å². The van der Waals surface area contributed by atoms with Crippen LogP contribution in [-0.2, 0) is 0 Å². The Morgan fingerprint density at radius 1 is 0.600 bits per heavy atom. The molecule has 8 bridgehead atoms. The fraction of sp³-hybridized carbons (Fsp3) is 1.00. The van der Waals surface area contributed by atoms with Crippen molar-refractivity contribution in [3.63, 3.8) is 0 Å². The van der Waals surface area contributed by atoms with Crippen molar-refractivity contribution in [3.8, 4) is 0 Å². The lowest BCUT2D eigenvalue weighted by atomic mass is 9.51. The second kappa shape index (κ2) is 6.22. The highest BCUT2D eigenvalue weighted by Crippen LogP contribution is 2.63. The van der Waals surface area contributed by atoms with Crippen LogP contribution in [0.5, 0.6) is 0 Å². The van der Waals surface area contributed by atoms with Crippen molar-refractivity contribution in [2.75, 3.05) is 6.16 Å². The van der Waals surface area contributed by atoms with Crippen LogP contribution < -0.4 is 0 Å². The van der Waals surface area contributed by atoms with Crippen molar-refractivity contribution in [2.45, 2.75) is 95.0 Å². The van der Waals surface area contributed by atoms with Crippen LogP contribution in [0.2, 0.25) is 0 Å². The van der Waals surface area contributed by atoms with Gasteiger partial charge in [-0.15, -0.1) is 8.58 Å². The van der Waals surface area contributed by atoms with Crippen LogP contribution in [0.3, 0.4) is 0 Å². The molecule has 0 aliphatic heterocycles. The van der Waals surface area contributed by atoms with Crippen molar-refractivity contribution in [1.82, 2.24) is 0 Å². The minimum Gasteiger partial charge on any atom is -0.116 e. The molecule has 0 nitrogen and oxygen atoms in total. The van der Waals surface area contributed by atoms with Gasteiger partial charge >= 0.3 is 0 Å². The van der Waals surface area contributed by atoms with E-state index in [2.05, 4.69) is 0 Å². The fourth-order valence-electron chi connectivity index (χ4n) is 9.70. The van der Waals surface area contributed by atoms with Gasteiger partial charge in [-0.2, -0.15) is 0 Å². The van der Waals surface area contributed by atoms with E-state index in [1.54, 1.807) is 96.1 Å². The summed E-state index contributed by atoms with van der Waals surface area (Å²) in [4.78, 5) is 0. The SMILES string of the molecule is C(CCC1C2CC3CC(C2)CC1C3)CPC12CC3CC(CC(C3)C1)C2. The molecule has 8 aliphatic carbocycles. The summed E-state index contributed by atoms with van der Waals surface area (Å²) >= 11 is 0. The molecule has 8 saturated carbocycles. The zero-order chi connectivity index (χ0) is 16.4. The largest absolute Gasteiger partial charge is 0.116 e. The van der Waals surface area contributed by atoms with Crippen molar-refractivity contribution < 1.29 is 0 Å². The molecule has 8 fully saturated rings. The third-order valence-corrected chi connectivity index (χ3v) is 11.9. The van der Waals surface area contributed by atoms with Crippen LogP contribution in [0, 0.1) is 47.3 Å². The number of rotatable bonds is 6. The van der Waals surface area contributed by atoms with Crippen LogP contribution >= 0.6 is 8.58 Å². The zero-order valence-corrected chi connectivity index (χ0v) is 17.2. The predicted octanol–water partition coefficient (Wildman–Crippen LogP) is 6.88. The Morgan fingerprint density at radius 2 is 1.12 bits per heavy atom. The molecule has 0 N–H and O–H groups in total. The molecule has 0 heterocycles. The third kappa shape index (κ3) is 2.96. The van der Waals surface area contributed by atoms with E-state index in [-0.39, 0.29) is 0 Å². The van der Waals surface area contributed by atoms with Crippen molar-refractivity contribution >= 4 is 8.58 Å². The van der Waals surface area contributed by atoms with E-state index in [1.807, 2.05) is 0 Å². The summed E-state index contributed by atoms with van der Waals surface area (Å²) in [6.07, 6.45) is 24.3. The van der Waals surface area contributed by atoms with E-state index in [4.69, 9.17) is 0 Å². The summed E-state index contributed by atoms with van der Waals surface area (Å²) < 4.78 is 0. The van der Waals surface area contributed by atoms with Gasteiger partial charge in [0.1, 0.15) is 0 Å². The molecule has 0 aromatic heterocycles. The van der Waals surface area contributed by atoms with Crippen molar-refractivity contribution in [1.29, 1.82) is 0 Å². The molecule has 140 valence electrons. The van der Waals surface area contributed by atoms with Crippen molar-refractivity contribution in [3.05, 3.63) is 0 Å². The molecule has 25 heavy (non-hydrogen) atoms. The summed E-state index contributed by atoms with van der Waals surface area (Å²) in [5.74, 6) is 9.30. The second-order valence-electron chi connectivity index (χ2n) is 11.7. The normalized spacial score (nSPS) is 55.7. The molecular weight excluding hydrogens is 319 g/mol. The first kappa shape index (κ1) is 16.4. The summed E-state index contributed by atoms with van der Waals surface area (Å²) in [7, 11) is 1.33. The van der Waals surface area contributed by atoms with Crippen LogP contribution in [0.4, 0.5) is 0 Å². The van der Waals surface area contributed by atoms with Gasteiger partial charge in [-0.1, -0.05) is 6.42 Å². The fourth-order valence-corrected chi connectivity index (χ4v) is 12.0. The van der Waals surface area contributed by atoms with E-state index in [0.717, 1.165) is 40.7 Å². The minimum atomic E-state index is 0.872. The molecule has 8 rings (SSSR count). The summed E-state index contributed by atoms with van der Waals surface area (Å²) in [6.45, 7) is 0. The number of hydrogen-bond donors (Lipinski definition) is 0. The summed E-state index contributed by atoms with van der Waals surface area (Å²) in [5, 5.41) is 0.872. The molecule has 0 radical (unpaired) electrons. The zero-order valence-electron chi connectivity index (χ0n) is 16.2. The predicted molar refractivity (Wildman–Crippen MR) is 108 cm³/mol. The first-order valence-corrected chi connectivity index (χ1v) is 13.2. The quantitative estimate of drug-likeness (QED) is 0.359. The first-order chi connectivity index (χ1) is 12.2. The van der Waals surface area contributed by atoms with Crippen molar-refractivity contribution in [2.24, 2.45) is 47.3 Å². The van der Waals surface area contributed by atoms with E-state index in [1.165, 1.54) is 20.4 Å². The Hall–Kier alpha value is 0.430. The Morgan fingerprint density at radius 3 is 1.68 bits per heavy atom. The Kier molecular flexibility index (Phi) is 4.08. The molecule has 1 heteroatoms. The summed E-state index contributed by atoms with van der Waals surface area (Å²) in [5.41, 5.74) is 0. The van der Waals surface area contributed by atoms with Gasteiger partial charge in [0, 0.05) is 0 Å².